The standard InChI is InChI=1S/C24H22N8O2/c1-14-9-11-16(12-10-14)31-22(27)19(20(26)18(13-25)29-31)23(33)28-21-15(2)30(3)32(24(21)34)17-7-5-4-6-8-17/h4-12,27H,26H2,1-3H3,(H,28,33). The molecule has 0 atom stereocenters. The van der Waals surface area contributed by atoms with Crippen molar-refractivity contribution in [3.8, 4) is 17.4 Å². The average Bonchev–Trinajstić information content (AvgIpc) is 3.03. The van der Waals surface area contributed by atoms with E-state index in [4.69, 9.17) is 11.1 Å². The molecule has 170 valence electrons. The molecule has 4 rings (SSSR count). The maximum atomic E-state index is 13.3. The first kappa shape index (κ1) is 22.3. The number of nitriles is 1. The van der Waals surface area contributed by atoms with Crippen LogP contribution in [0.2, 0.25) is 0 Å². The molecule has 1 amide bonds. The number of aryl methyl sites for hydroxylation is 1. The van der Waals surface area contributed by atoms with E-state index in [1.54, 1.807) is 55.1 Å². The van der Waals surface area contributed by atoms with Gasteiger partial charge >= 0.3 is 0 Å². The van der Waals surface area contributed by atoms with Crippen molar-refractivity contribution in [2.45, 2.75) is 13.8 Å². The molecular formula is C24H22N8O2. The average molecular weight is 454 g/mol. The van der Waals surface area contributed by atoms with E-state index in [0.717, 1.165) is 5.56 Å². The fourth-order valence-corrected chi connectivity index (χ4v) is 3.63. The number of aromatic nitrogens is 4. The second-order valence-corrected chi connectivity index (χ2v) is 7.74. The Morgan fingerprint density at radius 1 is 1.09 bits per heavy atom. The first-order valence-corrected chi connectivity index (χ1v) is 10.3. The number of carbonyl (C=O) groups excluding carboxylic acids is 1. The van der Waals surface area contributed by atoms with Gasteiger partial charge in [0.2, 0.25) is 0 Å². The molecule has 10 nitrogen and oxygen atoms in total. The molecule has 34 heavy (non-hydrogen) atoms. The second kappa shape index (κ2) is 8.55. The molecule has 2 aromatic heterocycles. The number of hydrogen-bond acceptors (Lipinski definition) is 6. The van der Waals surface area contributed by atoms with Crippen LogP contribution in [0.3, 0.4) is 0 Å². The number of benzene rings is 2. The summed E-state index contributed by atoms with van der Waals surface area (Å²) in [5.41, 5.74) is 7.30. The van der Waals surface area contributed by atoms with Crippen molar-refractivity contribution in [1.82, 2.24) is 19.1 Å². The summed E-state index contributed by atoms with van der Waals surface area (Å²) in [6, 6.07) is 18.0. The quantitative estimate of drug-likeness (QED) is 0.432. The lowest BCUT2D eigenvalue weighted by Gasteiger charge is -2.13. The van der Waals surface area contributed by atoms with Crippen molar-refractivity contribution in [3.05, 3.63) is 93.0 Å². The number of nitrogens with zero attached hydrogens (tertiary/aromatic N) is 5. The van der Waals surface area contributed by atoms with Crippen LogP contribution >= 0.6 is 0 Å². The van der Waals surface area contributed by atoms with Crippen LogP contribution in [0.4, 0.5) is 11.4 Å². The maximum absolute atomic E-state index is 13.3. The fraction of sp³-hybridized carbons (Fsp3) is 0.125. The molecule has 0 spiro atoms. The van der Waals surface area contributed by atoms with Crippen LogP contribution in [-0.2, 0) is 7.05 Å². The molecule has 0 saturated carbocycles. The zero-order valence-electron chi connectivity index (χ0n) is 18.8. The third kappa shape index (κ3) is 3.65. The van der Waals surface area contributed by atoms with E-state index in [1.165, 1.54) is 9.36 Å². The normalized spacial score (nSPS) is 10.6. The van der Waals surface area contributed by atoms with Crippen molar-refractivity contribution in [2.75, 3.05) is 11.1 Å². The second-order valence-electron chi connectivity index (χ2n) is 7.74. The van der Waals surface area contributed by atoms with Gasteiger partial charge in [0.05, 0.1) is 22.8 Å². The van der Waals surface area contributed by atoms with E-state index in [2.05, 4.69) is 10.4 Å². The molecule has 0 radical (unpaired) electrons. The summed E-state index contributed by atoms with van der Waals surface area (Å²) in [5, 5.41) is 24.8. The third-order valence-electron chi connectivity index (χ3n) is 5.58. The summed E-state index contributed by atoms with van der Waals surface area (Å²) < 4.78 is 4.22. The number of anilines is 2. The van der Waals surface area contributed by atoms with Crippen LogP contribution < -0.4 is 22.1 Å². The summed E-state index contributed by atoms with van der Waals surface area (Å²) in [4.78, 5) is 26.5. The van der Waals surface area contributed by atoms with Crippen LogP contribution in [0.1, 0.15) is 27.3 Å². The monoisotopic (exact) mass is 454 g/mol. The smallest absolute Gasteiger partial charge is 0.295 e. The van der Waals surface area contributed by atoms with E-state index in [-0.39, 0.29) is 28.1 Å². The summed E-state index contributed by atoms with van der Waals surface area (Å²) >= 11 is 0. The number of rotatable bonds is 4. The van der Waals surface area contributed by atoms with Crippen molar-refractivity contribution in [1.29, 1.82) is 10.7 Å². The highest BCUT2D eigenvalue weighted by atomic mass is 16.2. The molecule has 0 unspecified atom stereocenters. The molecule has 10 heteroatoms. The predicted octanol–water partition coefficient (Wildman–Crippen LogP) is 2.16. The molecule has 4 aromatic rings. The van der Waals surface area contributed by atoms with Crippen molar-refractivity contribution < 1.29 is 4.79 Å². The van der Waals surface area contributed by atoms with Gasteiger partial charge in [-0.3, -0.25) is 19.7 Å². The minimum absolute atomic E-state index is 0.0485. The Morgan fingerprint density at radius 2 is 1.74 bits per heavy atom. The summed E-state index contributed by atoms with van der Waals surface area (Å²) in [7, 11) is 1.70. The van der Waals surface area contributed by atoms with Gasteiger partial charge in [0.15, 0.2) is 11.2 Å². The van der Waals surface area contributed by atoms with Crippen LogP contribution in [-0.4, -0.2) is 25.1 Å². The highest BCUT2D eigenvalue weighted by Gasteiger charge is 2.24. The van der Waals surface area contributed by atoms with Crippen molar-refractivity contribution in [2.24, 2.45) is 7.05 Å². The van der Waals surface area contributed by atoms with Gasteiger partial charge in [0.25, 0.3) is 11.5 Å². The summed E-state index contributed by atoms with van der Waals surface area (Å²) in [6.45, 7) is 3.61. The Kier molecular flexibility index (Phi) is 5.61. The Morgan fingerprint density at radius 3 is 2.35 bits per heavy atom. The van der Waals surface area contributed by atoms with Gasteiger partial charge in [-0.15, -0.1) is 0 Å². The minimum atomic E-state index is -0.784. The first-order valence-electron chi connectivity index (χ1n) is 10.3. The Bertz CT molecular complexity index is 1570. The SMILES string of the molecule is Cc1ccc(-n2nc(C#N)c(N)c(C(=O)Nc3c(C)n(C)n(-c4ccccc4)c3=O)c2=N)cc1. The summed E-state index contributed by atoms with van der Waals surface area (Å²) in [5.74, 6) is -0.784. The predicted molar refractivity (Wildman–Crippen MR) is 127 cm³/mol. The number of nitrogens with two attached hydrogens (primary N) is 1. The van der Waals surface area contributed by atoms with Crippen LogP contribution in [0, 0.1) is 30.6 Å². The lowest BCUT2D eigenvalue weighted by Crippen LogP contribution is -2.33. The fourth-order valence-electron chi connectivity index (χ4n) is 3.63. The Labute approximate surface area is 194 Å². The molecule has 2 aromatic carbocycles. The zero-order valence-corrected chi connectivity index (χ0v) is 18.8. The number of nitrogens with one attached hydrogen (secondary N) is 2. The molecule has 4 N–H and O–H groups in total. The van der Waals surface area contributed by atoms with Crippen LogP contribution in [0.15, 0.2) is 59.4 Å². The van der Waals surface area contributed by atoms with E-state index in [9.17, 15) is 14.9 Å². The zero-order chi connectivity index (χ0) is 24.6. The first-order chi connectivity index (χ1) is 16.2. The van der Waals surface area contributed by atoms with E-state index in [1.807, 2.05) is 31.2 Å². The number of nitrogen functional groups attached to an aromatic ring is 1. The summed E-state index contributed by atoms with van der Waals surface area (Å²) in [6.07, 6.45) is 0. The number of para-hydroxylation sites is 1. The lowest BCUT2D eigenvalue weighted by molar-refractivity contribution is 0.102. The van der Waals surface area contributed by atoms with Gasteiger partial charge < -0.3 is 11.1 Å². The molecular weight excluding hydrogens is 432 g/mol. The molecule has 2 heterocycles. The number of amides is 1. The third-order valence-corrected chi connectivity index (χ3v) is 5.58. The van der Waals surface area contributed by atoms with E-state index >= 15 is 0 Å². The minimum Gasteiger partial charge on any atom is -0.396 e. The van der Waals surface area contributed by atoms with Crippen molar-refractivity contribution in [3.63, 3.8) is 0 Å². The number of hydrogen-bond donors (Lipinski definition) is 3. The van der Waals surface area contributed by atoms with Gasteiger partial charge in [-0.05, 0) is 38.1 Å². The topological polar surface area (TPSA) is 148 Å². The molecule has 0 aliphatic rings. The molecule has 0 aliphatic heterocycles. The molecule has 0 saturated heterocycles. The molecule has 0 bridgehead atoms. The van der Waals surface area contributed by atoms with E-state index in [0.29, 0.717) is 17.1 Å². The number of carbonyl (C=O) groups is 1. The van der Waals surface area contributed by atoms with E-state index < -0.39 is 11.5 Å². The molecule has 0 fully saturated rings. The highest BCUT2D eigenvalue weighted by molar-refractivity contribution is 6.08. The van der Waals surface area contributed by atoms with Gasteiger partial charge in [-0.25, -0.2) is 9.36 Å². The van der Waals surface area contributed by atoms with Crippen LogP contribution in [0.25, 0.3) is 11.4 Å². The maximum Gasteiger partial charge on any atom is 0.295 e. The Balaban J connectivity index is 1.83. The Hall–Kier alpha value is -4.91. The van der Waals surface area contributed by atoms with Gasteiger partial charge in [0.1, 0.15) is 17.3 Å². The van der Waals surface area contributed by atoms with Gasteiger partial charge in [-0.1, -0.05) is 35.9 Å². The lowest BCUT2D eigenvalue weighted by atomic mass is 10.1. The van der Waals surface area contributed by atoms with Gasteiger partial charge in [0, 0.05) is 7.05 Å². The largest absolute Gasteiger partial charge is 0.396 e. The van der Waals surface area contributed by atoms with Gasteiger partial charge in [-0.2, -0.15) is 10.4 Å². The van der Waals surface area contributed by atoms with Crippen LogP contribution in [0.5, 0.6) is 0 Å². The molecule has 0 aliphatic carbocycles. The highest BCUT2D eigenvalue weighted by Crippen LogP contribution is 2.18. The van der Waals surface area contributed by atoms with Crippen molar-refractivity contribution >= 4 is 17.3 Å².